The first-order valence-corrected chi connectivity index (χ1v) is 7.38. The Morgan fingerprint density at radius 2 is 1.89 bits per heavy atom. The maximum absolute atomic E-state index is 11.9. The lowest BCUT2D eigenvalue weighted by Crippen LogP contribution is -2.35. The van der Waals surface area contributed by atoms with Crippen molar-refractivity contribution in [1.82, 2.24) is 10.6 Å². The van der Waals surface area contributed by atoms with Crippen LogP contribution in [-0.2, 0) is 14.6 Å². The molecule has 1 aromatic rings. The zero-order chi connectivity index (χ0) is 13.6. The minimum absolute atomic E-state index is 0.0888. The SMILES string of the molecule is CNCC(=O)NCCS(=O)(=O)c1ccc(Cl)cc1. The highest BCUT2D eigenvalue weighted by Gasteiger charge is 2.14. The van der Waals surface area contributed by atoms with Crippen LogP contribution in [0.3, 0.4) is 0 Å². The summed E-state index contributed by atoms with van der Waals surface area (Å²) in [5.41, 5.74) is 0. The number of nitrogens with one attached hydrogen (secondary N) is 2. The first-order valence-electron chi connectivity index (χ1n) is 5.35. The zero-order valence-corrected chi connectivity index (χ0v) is 11.5. The van der Waals surface area contributed by atoms with Gasteiger partial charge in [0.05, 0.1) is 17.2 Å². The molecule has 0 saturated carbocycles. The monoisotopic (exact) mass is 290 g/mol. The molecule has 0 unspecified atom stereocenters. The predicted octanol–water partition coefficient (Wildman–Crippen LogP) is 0.449. The molecule has 2 N–H and O–H groups in total. The van der Waals surface area contributed by atoms with Crippen molar-refractivity contribution >= 4 is 27.3 Å². The number of hydrogen-bond donors (Lipinski definition) is 2. The highest BCUT2D eigenvalue weighted by molar-refractivity contribution is 7.91. The van der Waals surface area contributed by atoms with Crippen molar-refractivity contribution in [3.63, 3.8) is 0 Å². The van der Waals surface area contributed by atoms with Crippen LogP contribution >= 0.6 is 11.6 Å². The van der Waals surface area contributed by atoms with E-state index in [-0.39, 0.29) is 29.6 Å². The summed E-state index contributed by atoms with van der Waals surface area (Å²) in [6.07, 6.45) is 0. The number of rotatable bonds is 6. The Balaban J connectivity index is 2.55. The van der Waals surface area contributed by atoms with E-state index in [1.54, 1.807) is 7.05 Å². The maximum Gasteiger partial charge on any atom is 0.233 e. The number of hydrogen-bond acceptors (Lipinski definition) is 4. The normalized spacial score (nSPS) is 11.2. The van der Waals surface area contributed by atoms with Crippen molar-refractivity contribution in [2.75, 3.05) is 25.9 Å². The highest BCUT2D eigenvalue weighted by Crippen LogP contribution is 2.14. The van der Waals surface area contributed by atoms with Gasteiger partial charge in [0.1, 0.15) is 0 Å². The standard InChI is InChI=1S/C11H15ClN2O3S/c1-13-8-11(15)14-6-7-18(16,17)10-4-2-9(12)3-5-10/h2-5,13H,6-8H2,1H3,(H,14,15). The van der Waals surface area contributed by atoms with Crippen LogP contribution in [0.4, 0.5) is 0 Å². The number of likely N-dealkylation sites (N-methyl/N-ethyl adjacent to an activating group) is 1. The van der Waals surface area contributed by atoms with E-state index in [2.05, 4.69) is 10.6 Å². The van der Waals surface area contributed by atoms with E-state index in [1.165, 1.54) is 24.3 Å². The Morgan fingerprint density at radius 3 is 2.44 bits per heavy atom. The van der Waals surface area contributed by atoms with Crippen LogP contribution in [-0.4, -0.2) is 40.2 Å². The van der Waals surface area contributed by atoms with Gasteiger partial charge >= 0.3 is 0 Å². The van der Waals surface area contributed by atoms with Crippen LogP contribution in [0.1, 0.15) is 0 Å². The van der Waals surface area contributed by atoms with Crippen LogP contribution in [0.25, 0.3) is 0 Å². The molecule has 5 nitrogen and oxygen atoms in total. The first-order chi connectivity index (χ1) is 8.45. The van der Waals surface area contributed by atoms with E-state index < -0.39 is 9.84 Å². The molecule has 0 aliphatic carbocycles. The van der Waals surface area contributed by atoms with Crippen molar-refractivity contribution in [2.45, 2.75) is 4.90 Å². The third-order valence-electron chi connectivity index (χ3n) is 2.20. The van der Waals surface area contributed by atoms with E-state index >= 15 is 0 Å². The molecule has 0 aliphatic heterocycles. The van der Waals surface area contributed by atoms with Crippen LogP contribution < -0.4 is 10.6 Å². The molecule has 0 bridgehead atoms. The molecule has 1 aromatic carbocycles. The summed E-state index contributed by atoms with van der Waals surface area (Å²) in [6, 6.07) is 5.95. The van der Waals surface area contributed by atoms with Crippen LogP contribution in [0.15, 0.2) is 29.2 Å². The summed E-state index contributed by atoms with van der Waals surface area (Å²) >= 11 is 5.68. The van der Waals surface area contributed by atoms with Gasteiger partial charge in [0.15, 0.2) is 9.84 Å². The Bertz CT molecular complexity index is 500. The first kappa shape index (κ1) is 14.9. The molecule has 0 heterocycles. The molecule has 0 spiro atoms. The zero-order valence-electron chi connectivity index (χ0n) is 9.94. The lowest BCUT2D eigenvalue weighted by atomic mass is 10.4. The van der Waals surface area contributed by atoms with E-state index in [9.17, 15) is 13.2 Å². The van der Waals surface area contributed by atoms with Gasteiger partial charge < -0.3 is 10.6 Å². The topological polar surface area (TPSA) is 75.3 Å². The van der Waals surface area contributed by atoms with Crippen molar-refractivity contribution in [3.8, 4) is 0 Å². The minimum atomic E-state index is -3.38. The summed E-state index contributed by atoms with van der Waals surface area (Å²) in [7, 11) is -1.74. The van der Waals surface area contributed by atoms with Gasteiger partial charge in [-0.1, -0.05) is 11.6 Å². The molecule has 1 amide bonds. The van der Waals surface area contributed by atoms with E-state index in [1.807, 2.05) is 0 Å². The third kappa shape index (κ3) is 4.64. The number of carbonyl (C=O) groups is 1. The van der Waals surface area contributed by atoms with Crippen molar-refractivity contribution < 1.29 is 13.2 Å². The van der Waals surface area contributed by atoms with Gasteiger partial charge in [-0.3, -0.25) is 4.79 Å². The maximum atomic E-state index is 11.9. The average Bonchev–Trinajstić information content (AvgIpc) is 2.29. The largest absolute Gasteiger partial charge is 0.354 e. The molecule has 0 radical (unpaired) electrons. The molecular formula is C11H15ClN2O3S. The lowest BCUT2D eigenvalue weighted by molar-refractivity contribution is -0.120. The molecule has 1 rings (SSSR count). The Labute approximate surface area is 111 Å². The molecule has 0 saturated heterocycles. The molecule has 0 fully saturated rings. The van der Waals surface area contributed by atoms with Gasteiger partial charge in [-0.25, -0.2) is 8.42 Å². The smallest absolute Gasteiger partial charge is 0.233 e. The second-order valence-electron chi connectivity index (χ2n) is 3.65. The summed E-state index contributed by atoms with van der Waals surface area (Å²) in [5.74, 6) is -0.367. The predicted molar refractivity (Wildman–Crippen MR) is 70.4 cm³/mol. The highest BCUT2D eigenvalue weighted by atomic mass is 35.5. The van der Waals surface area contributed by atoms with Crippen LogP contribution in [0.2, 0.25) is 5.02 Å². The molecule has 7 heteroatoms. The van der Waals surface area contributed by atoms with E-state index in [0.29, 0.717) is 5.02 Å². The fourth-order valence-corrected chi connectivity index (χ4v) is 2.59. The van der Waals surface area contributed by atoms with Crippen LogP contribution in [0, 0.1) is 0 Å². The second kappa shape index (κ2) is 6.72. The lowest BCUT2D eigenvalue weighted by Gasteiger charge is -2.06. The quantitative estimate of drug-likeness (QED) is 0.798. The van der Waals surface area contributed by atoms with Crippen molar-refractivity contribution in [2.24, 2.45) is 0 Å². The van der Waals surface area contributed by atoms with Gasteiger partial charge in [-0.15, -0.1) is 0 Å². The van der Waals surface area contributed by atoms with Gasteiger partial charge in [0, 0.05) is 11.6 Å². The number of halogens is 1. The summed E-state index contributed by atoms with van der Waals surface area (Å²) < 4.78 is 23.7. The second-order valence-corrected chi connectivity index (χ2v) is 6.20. The summed E-state index contributed by atoms with van der Waals surface area (Å²) in [5, 5.41) is 5.67. The molecular weight excluding hydrogens is 276 g/mol. The molecule has 18 heavy (non-hydrogen) atoms. The Morgan fingerprint density at radius 1 is 1.28 bits per heavy atom. The number of carbonyl (C=O) groups excluding carboxylic acids is 1. The van der Waals surface area contributed by atoms with Gasteiger partial charge in [0.2, 0.25) is 5.91 Å². The molecule has 0 atom stereocenters. The molecule has 100 valence electrons. The van der Waals surface area contributed by atoms with Gasteiger partial charge in [0.25, 0.3) is 0 Å². The van der Waals surface area contributed by atoms with E-state index in [4.69, 9.17) is 11.6 Å². The molecule has 0 aliphatic rings. The number of benzene rings is 1. The number of amides is 1. The minimum Gasteiger partial charge on any atom is -0.354 e. The fourth-order valence-electron chi connectivity index (χ4n) is 1.31. The Hall–Kier alpha value is -1.11. The summed E-state index contributed by atoms with van der Waals surface area (Å²) in [6.45, 7) is 0.256. The average molecular weight is 291 g/mol. The van der Waals surface area contributed by atoms with E-state index in [0.717, 1.165) is 0 Å². The fraction of sp³-hybridized carbons (Fsp3) is 0.364. The van der Waals surface area contributed by atoms with Crippen molar-refractivity contribution in [1.29, 1.82) is 0 Å². The van der Waals surface area contributed by atoms with Crippen molar-refractivity contribution in [3.05, 3.63) is 29.3 Å². The number of sulfone groups is 1. The Kier molecular flexibility index (Phi) is 5.58. The third-order valence-corrected chi connectivity index (χ3v) is 4.19. The van der Waals surface area contributed by atoms with Crippen LogP contribution in [0.5, 0.6) is 0 Å². The van der Waals surface area contributed by atoms with Gasteiger partial charge in [-0.2, -0.15) is 0 Å². The van der Waals surface area contributed by atoms with Gasteiger partial charge in [-0.05, 0) is 31.3 Å². The summed E-state index contributed by atoms with van der Waals surface area (Å²) in [4.78, 5) is 11.3. The molecule has 0 aromatic heterocycles.